The zero-order valence-corrected chi connectivity index (χ0v) is 14.7. The van der Waals surface area contributed by atoms with Crippen molar-refractivity contribution in [1.29, 1.82) is 0 Å². The minimum Gasteiger partial charge on any atom is -0.365 e. The summed E-state index contributed by atoms with van der Waals surface area (Å²) in [5.74, 6) is 1.25. The topological polar surface area (TPSA) is 67.7 Å². The highest BCUT2D eigenvalue weighted by Crippen LogP contribution is 2.23. The number of aromatic nitrogens is 4. The number of hydrogen-bond acceptors (Lipinski definition) is 5. The van der Waals surface area contributed by atoms with Crippen molar-refractivity contribution in [2.75, 3.05) is 17.2 Å². The summed E-state index contributed by atoms with van der Waals surface area (Å²) in [6.07, 6.45) is 3.51. The first-order chi connectivity index (χ1) is 11.2. The van der Waals surface area contributed by atoms with Gasteiger partial charge in [-0.15, -0.1) is 19.0 Å². The Kier molecular flexibility index (Phi) is 6.00. The largest absolute Gasteiger partial charge is 0.365 e. The number of hydrogen-bond donors (Lipinski definition) is 2. The van der Waals surface area contributed by atoms with Gasteiger partial charge in [-0.25, -0.2) is 0 Å². The van der Waals surface area contributed by atoms with Crippen molar-refractivity contribution in [1.82, 2.24) is 19.7 Å². The SMILES string of the molecule is C=CCNc1nc(NCc2ccccc2Cl)c2cnn(C)c2n1.Cl. The highest BCUT2D eigenvalue weighted by Gasteiger charge is 2.11. The van der Waals surface area contributed by atoms with Gasteiger partial charge < -0.3 is 10.6 Å². The number of halogens is 2. The molecule has 0 atom stereocenters. The molecule has 0 spiro atoms. The van der Waals surface area contributed by atoms with Crippen LogP contribution in [0.3, 0.4) is 0 Å². The molecule has 24 heavy (non-hydrogen) atoms. The fourth-order valence-corrected chi connectivity index (χ4v) is 2.42. The van der Waals surface area contributed by atoms with E-state index in [4.69, 9.17) is 11.6 Å². The number of nitrogens with one attached hydrogen (secondary N) is 2. The predicted molar refractivity (Wildman–Crippen MR) is 101 cm³/mol. The first-order valence-electron chi connectivity index (χ1n) is 7.21. The van der Waals surface area contributed by atoms with E-state index in [-0.39, 0.29) is 12.4 Å². The van der Waals surface area contributed by atoms with Crippen molar-refractivity contribution in [2.45, 2.75) is 6.54 Å². The third kappa shape index (κ3) is 3.77. The summed E-state index contributed by atoms with van der Waals surface area (Å²) in [5, 5.41) is 12.3. The van der Waals surface area contributed by atoms with E-state index in [1.807, 2.05) is 31.3 Å². The Hall–Kier alpha value is -2.31. The molecule has 0 fully saturated rings. The number of nitrogens with zero attached hydrogens (tertiary/aromatic N) is 4. The first-order valence-corrected chi connectivity index (χ1v) is 7.58. The van der Waals surface area contributed by atoms with Gasteiger partial charge in [-0.3, -0.25) is 4.68 Å². The summed E-state index contributed by atoms with van der Waals surface area (Å²) in [6.45, 7) is 4.85. The number of aryl methyl sites for hydroxylation is 1. The van der Waals surface area contributed by atoms with Gasteiger partial charge in [0.25, 0.3) is 0 Å². The van der Waals surface area contributed by atoms with E-state index in [1.165, 1.54) is 0 Å². The molecule has 2 aromatic heterocycles. The molecule has 8 heteroatoms. The van der Waals surface area contributed by atoms with E-state index < -0.39 is 0 Å². The number of rotatable bonds is 6. The van der Waals surface area contributed by atoms with Crippen LogP contribution in [0.25, 0.3) is 11.0 Å². The second-order valence-electron chi connectivity index (χ2n) is 5.02. The Bertz CT molecular complexity index is 846. The van der Waals surface area contributed by atoms with Gasteiger partial charge in [0.2, 0.25) is 5.95 Å². The molecule has 6 nitrogen and oxygen atoms in total. The quantitative estimate of drug-likeness (QED) is 0.653. The van der Waals surface area contributed by atoms with Crippen molar-refractivity contribution >= 4 is 46.8 Å². The minimum absolute atomic E-state index is 0. The molecule has 3 aromatic rings. The molecule has 2 N–H and O–H groups in total. The molecule has 0 unspecified atom stereocenters. The molecule has 1 aromatic carbocycles. The molecule has 0 aliphatic carbocycles. The Morgan fingerprint density at radius 1 is 1.25 bits per heavy atom. The van der Waals surface area contributed by atoms with Crippen LogP contribution in [0.1, 0.15) is 5.56 Å². The molecule has 0 amide bonds. The summed E-state index contributed by atoms with van der Waals surface area (Å²) in [7, 11) is 1.85. The monoisotopic (exact) mass is 364 g/mol. The van der Waals surface area contributed by atoms with E-state index in [1.54, 1.807) is 17.0 Å². The zero-order chi connectivity index (χ0) is 16.2. The first kappa shape index (κ1) is 18.0. The van der Waals surface area contributed by atoms with E-state index in [0.29, 0.717) is 19.0 Å². The third-order valence-electron chi connectivity index (χ3n) is 3.40. The molecular weight excluding hydrogens is 347 g/mol. The summed E-state index contributed by atoms with van der Waals surface area (Å²) in [6, 6.07) is 7.72. The van der Waals surface area contributed by atoms with Crippen LogP contribution in [0.15, 0.2) is 43.1 Å². The van der Waals surface area contributed by atoms with Gasteiger partial charge in [0.15, 0.2) is 5.65 Å². The van der Waals surface area contributed by atoms with Crippen LogP contribution in [-0.4, -0.2) is 26.3 Å². The van der Waals surface area contributed by atoms with Crippen LogP contribution in [-0.2, 0) is 13.6 Å². The Balaban J connectivity index is 0.00000208. The highest BCUT2D eigenvalue weighted by molar-refractivity contribution is 6.31. The fourth-order valence-electron chi connectivity index (χ4n) is 2.22. The van der Waals surface area contributed by atoms with E-state index >= 15 is 0 Å². The van der Waals surface area contributed by atoms with Crippen molar-refractivity contribution in [3.63, 3.8) is 0 Å². The lowest BCUT2D eigenvalue weighted by Gasteiger charge is -2.10. The maximum atomic E-state index is 6.20. The van der Waals surface area contributed by atoms with E-state index in [2.05, 4.69) is 32.3 Å². The molecule has 0 bridgehead atoms. The Morgan fingerprint density at radius 3 is 2.79 bits per heavy atom. The number of benzene rings is 1. The average molecular weight is 365 g/mol. The molecule has 0 saturated carbocycles. The average Bonchev–Trinajstić information content (AvgIpc) is 2.93. The van der Waals surface area contributed by atoms with Gasteiger partial charge in [-0.05, 0) is 11.6 Å². The van der Waals surface area contributed by atoms with E-state index in [0.717, 1.165) is 27.4 Å². The third-order valence-corrected chi connectivity index (χ3v) is 3.77. The lowest BCUT2D eigenvalue weighted by Crippen LogP contribution is -2.08. The number of fused-ring (bicyclic) bond motifs is 1. The normalized spacial score (nSPS) is 10.2. The Morgan fingerprint density at radius 2 is 2.04 bits per heavy atom. The van der Waals surface area contributed by atoms with Crippen LogP contribution in [0.4, 0.5) is 11.8 Å². The van der Waals surface area contributed by atoms with Gasteiger partial charge >= 0.3 is 0 Å². The van der Waals surface area contributed by atoms with Crippen molar-refractivity contribution in [3.8, 4) is 0 Å². The fraction of sp³-hybridized carbons (Fsp3) is 0.188. The molecule has 0 radical (unpaired) electrons. The maximum Gasteiger partial charge on any atom is 0.226 e. The van der Waals surface area contributed by atoms with Crippen LogP contribution in [0.5, 0.6) is 0 Å². The molecule has 3 rings (SSSR count). The van der Waals surface area contributed by atoms with Crippen molar-refractivity contribution < 1.29 is 0 Å². The van der Waals surface area contributed by atoms with Gasteiger partial charge in [0.05, 0.1) is 11.6 Å². The molecular formula is C16H18Cl2N6. The summed E-state index contributed by atoms with van der Waals surface area (Å²) < 4.78 is 1.72. The van der Waals surface area contributed by atoms with Crippen LogP contribution in [0.2, 0.25) is 5.02 Å². The second kappa shape index (κ2) is 7.99. The lowest BCUT2D eigenvalue weighted by atomic mass is 10.2. The smallest absolute Gasteiger partial charge is 0.226 e. The van der Waals surface area contributed by atoms with Crippen LogP contribution >= 0.6 is 24.0 Å². The molecule has 0 aliphatic rings. The van der Waals surface area contributed by atoms with Gasteiger partial charge in [0, 0.05) is 25.2 Å². The second-order valence-corrected chi connectivity index (χ2v) is 5.42. The maximum absolute atomic E-state index is 6.20. The van der Waals surface area contributed by atoms with E-state index in [9.17, 15) is 0 Å². The van der Waals surface area contributed by atoms with Crippen LogP contribution in [0, 0.1) is 0 Å². The van der Waals surface area contributed by atoms with Gasteiger partial charge in [0.1, 0.15) is 5.82 Å². The zero-order valence-electron chi connectivity index (χ0n) is 13.2. The van der Waals surface area contributed by atoms with Gasteiger partial charge in [-0.2, -0.15) is 15.1 Å². The van der Waals surface area contributed by atoms with Crippen molar-refractivity contribution in [3.05, 3.63) is 53.7 Å². The molecule has 126 valence electrons. The Labute approximate surface area is 151 Å². The summed E-state index contributed by atoms with van der Waals surface area (Å²) >= 11 is 6.20. The predicted octanol–water partition coefficient (Wildman–Crippen LogP) is 3.65. The standard InChI is InChI=1S/C16H17ClN6.ClH/c1-3-8-18-16-21-14(12-10-20-23(2)15(12)22-16)19-9-11-6-4-5-7-13(11)17;/h3-7,10H,1,8-9H2,2H3,(H2,18,19,21,22);1H. The molecule has 0 saturated heterocycles. The van der Waals surface area contributed by atoms with Crippen LogP contribution < -0.4 is 10.6 Å². The summed E-state index contributed by atoms with van der Waals surface area (Å²) in [5.41, 5.74) is 1.76. The summed E-state index contributed by atoms with van der Waals surface area (Å²) in [4.78, 5) is 8.99. The number of anilines is 2. The highest BCUT2D eigenvalue weighted by atomic mass is 35.5. The molecule has 2 heterocycles. The molecule has 0 aliphatic heterocycles. The van der Waals surface area contributed by atoms with Crippen molar-refractivity contribution in [2.24, 2.45) is 7.05 Å². The van der Waals surface area contributed by atoms with Gasteiger partial charge in [-0.1, -0.05) is 35.9 Å². The minimum atomic E-state index is 0. The lowest BCUT2D eigenvalue weighted by molar-refractivity contribution is 0.785.